The third-order valence-electron chi connectivity index (χ3n) is 5.08. The van der Waals surface area contributed by atoms with Gasteiger partial charge in [0, 0.05) is 17.2 Å². The largest absolute Gasteiger partial charge is 0.387 e. The molecule has 1 atom stereocenters. The third kappa shape index (κ3) is 4.24. The van der Waals surface area contributed by atoms with Crippen LogP contribution in [0.4, 0.5) is 11.4 Å². The summed E-state index contributed by atoms with van der Waals surface area (Å²) in [7, 11) is 0. The van der Waals surface area contributed by atoms with Crippen LogP contribution in [0.25, 0.3) is 27.3 Å². The van der Waals surface area contributed by atoms with Gasteiger partial charge in [0.2, 0.25) is 0 Å². The zero-order valence-electron chi connectivity index (χ0n) is 16.7. The van der Waals surface area contributed by atoms with Crippen molar-refractivity contribution < 1.29 is 5.11 Å². The summed E-state index contributed by atoms with van der Waals surface area (Å²) in [6, 6.07) is 12.7. The van der Waals surface area contributed by atoms with Gasteiger partial charge in [0.15, 0.2) is 5.69 Å². The van der Waals surface area contributed by atoms with Crippen molar-refractivity contribution >= 4 is 38.3 Å². The number of fused-ring (bicyclic) bond motifs is 1. The SMILES string of the molecule is [C-]#[N+]c1cc(CC)c2nc(-c3c(NCC(O)c4cccc(Br)c4)cc[nH]c3=O)[nH]c2c1. The van der Waals surface area contributed by atoms with E-state index in [0.29, 0.717) is 28.3 Å². The number of hydrogen-bond donors (Lipinski definition) is 4. The summed E-state index contributed by atoms with van der Waals surface area (Å²) in [4.78, 5) is 26.7. The molecule has 0 radical (unpaired) electrons. The van der Waals surface area contributed by atoms with E-state index >= 15 is 0 Å². The van der Waals surface area contributed by atoms with E-state index in [9.17, 15) is 9.90 Å². The van der Waals surface area contributed by atoms with Gasteiger partial charge in [-0.2, -0.15) is 0 Å². The monoisotopic (exact) mass is 477 g/mol. The number of anilines is 1. The molecule has 0 amide bonds. The predicted octanol–water partition coefficient (Wildman–Crippen LogP) is 4.94. The standard InChI is InChI=1S/C23H20BrN5O2/c1-3-13-10-16(25-2)11-18-21(13)29-22(28-18)20-17(7-8-26-23(20)31)27-12-19(30)14-5-4-6-15(24)9-14/h4-11,19,30H,3,12H2,1H3,(H,28,29)(H2,26,27,31). The minimum Gasteiger partial charge on any atom is -0.387 e. The lowest BCUT2D eigenvalue weighted by Gasteiger charge is -2.15. The number of rotatable bonds is 6. The van der Waals surface area contributed by atoms with Crippen molar-refractivity contribution in [2.45, 2.75) is 19.4 Å². The Hall–Kier alpha value is -3.41. The van der Waals surface area contributed by atoms with Crippen molar-refractivity contribution in [3.05, 3.63) is 86.0 Å². The molecule has 0 saturated carbocycles. The van der Waals surface area contributed by atoms with Crippen LogP contribution < -0.4 is 10.9 Å². The summed E-state index contributed by atoms with van der Waals surface area (Å²) in [5.74, 6) is 0.410. The average molecular weight is 478 g/mol. The number of aliphatic hydroxyl groups is 1. The van der Waals surface area contributed by atoms with Crippen molar-refractivity contribution in [1.82, 2.24) is 15.0 Å². The molecule has 0 spiro atoms. The van der Waals surface area contributed by atoms with Crippen LogP contribution in [-0.2, 0) is 6.42 Å². The number of aromatic amines is 2. The molecule has 4 rings (SSSR count). The molecular weight excluding hydrogens is 458 g/mol. The summed E-state index contributed by atoms with van der Waals surface area (Å²) in [6.07, 6.45) is 1.52. The Morgan fingerprint density at radius 3 is 2.87 bits per heavy atom. The van der Waals surface area contributed by atoms with E-state index in [1.165, 1.54) is 0 Å². The van der Waals surface area contributed by atoms with Crippen LogP contribution in [0.1, 0.15) is 24.2 Å². The lowest BCUT2D eigenvalue weighted by Crippen LogP contribution is -2.17. The second-order valence-electron chi connectivity index (χ2n) is 7.10. The van der Waals surface area contributed by atoms with Gasteiger partial charge in [-0.1, -0.05) is 41.1 Å². The van der Waals surface area contributed by atoms with E-state index in [1.54, 1.807) is 18.3 Å². The summed E-state index contributed by atoms with van der Waals surface area (Å²) >= 11 is 3.41. The van der Waals surface area contributed by atoms with Crippen LogP contribution >= 0.6 is 15.9 Å². The maximum absolute atomic E-state index is 12.7. The van der Waals surface area contributed by atoms with Crippen molar-refractivity contribution in [3.8, 4) is 11.4 Å². The lowest BCUT2D eigenvalue weighted by atomic mass is 10.1. The maximum Gasteiger partial charge on any atom is 0.261 e. The van der Waals surface area contributed by atoms with Gasteiger partial charge in [-0.05, 0) is 41.8 Å². The van der Waals surface area contributed by atoms with Gasteiger partial charge < -0.3 is 20.4 Å². The highest BCUT2D eigenvalue weighted by molar-refractivity contribution is 9.10. The minimum atomic E-state index is -0.756. The van der Waals surface area contributed by atoms with Gasteiger partial charge in [0.25, 0.3) is 5.56 Å². The Bertz CT molecular complexity index is 1350. The molecule has 1 unspecified atom stereocenters. The van der Waals surface area contributed by atoms with Gasteiger partial charge in [-0.15, -0.1) is 0 Å². The van der Waals surface area contributed by atoms with E-state index in [0.717, 1.165) is 27.5 Å². The number of aryl methyl sites for hydroxylation is 1. The van der Waals surface area contributed by atoms with Crippen LogP contribution in [0.3, 0.4) is 0 Å². The first kappa shape index (κ1) is 20.8. The number of aliphatic hydroxyl groups excluding tert-OH is 1. The highest BCUT2D eigenvalue weighted by atomic mass is 79.9. The predicted molar refractivity (Wildman–Crippen MR) is 125 cm³/mol. The minimum absolute atomic E-state index is 0.217. The second-order valence-corrected chi connectivity index (χ2v) is 8.01. The molecule has 0 fully saturated rings. The Labute approximate surface area is 187 Å². The molecule has 2 aromatic carbocycles. The van der Waals surface area contributed by atoms with Crippen LogP contribution in [0, 0.1) is 6.57 Å². The number of pyridine rings is 1. The molecule has 0 saturated heterocycles. The van der Waals surface area contributed by atoms with Crippen molar-refractivity contribution in [1.29, 1.82) is 0 Å². The van der Waals surface area contributed by atoms with Gasteiger partial charge in [-0.3, -0.25) is 4.79 Å². The molecule has 0 aliphatic carbocycles. The highest BCUT2D eigenvalue weighted by Gasteiger charge is 2.17. The van der Waals surface area contributed by atoms with Crippen LogP contribution in [0.5, 0.6) is 0 Å². The van der Waals surface area contributed by atoms with E-state index < -0.39 is 6.10 Å². The highest BCUT2D eigenvalue weighted by Crippen LogP contribution is 2.29. The molecule has 0 aliphatic heterocycles. The maximum atomic E-state index is 12.7. The van der Waals surface area contributed by atoms with Crippen LogP contribution in [0.2, 0.25) is 0 Å². The molecule has 31 heavy (non-hydrogen) atoms. The summed E-state index contributed by atoms with van der Waals surface area (Å²) in [6.45, 7) is 9.53. The van der Waals surface area contributed by atoms with E-state index in [1.807, 2.05) is 37.3 Å². The molecule has 8 heteroatoms. The molecule has 4 N–H and O–H groups in total. The number of aromatic nitrogens is 3. The molecule has 2 aromatic heterocycles. The third-order valence-corrected chi connectivity index (χ3v) is 5.57. The topological polar surface area (TPSA) is 98.2 Å². The summed E-state index contributed by atoms with van der Waals surface area (Å²) < 4.78 is 0.883. The van der Waals surface area contributed by atoms with E-state index in [4.69, 9.17) is 6.57 Å². The van der Waals surface area contributed by atoms with Crippen LogP contribution in [-0.4, -0.2) is 26.6 Å². The number of nitrogens with zero attached hydrogens (tertiary/aromatic N) is 2. The Morgan fingerprint density at radius 1 is 1.29 bits per heavy atom. The summed E-state index contributed by atoms with van der Waals surface area (Å²) in [5.41, 5.74) is 4.29. The van der Waals surface area contributed by atoms with Crippen molar-refractivity contribution in [2.75, 3.05) is 11.9 Å². The Kier molecular flexibility index (Phi) is 5.89. The molecule has 4 aromatic rings. The zero-order chi connectivity index (χ0) is 22.0. The lowest BCUT2D eigenvalue weighted by molar-refractivity contribution is 0.191. The fourth-order valence-corrected chi connectivity index (χ4v) is 3.94. The molecule has 156 valence electrons. The van der Waals surface area contributed by atoms with Crippen LogP contribution in [0.15, 0.2) is 57.9 Å². The Balaban J connectivity index is 1.70. The number of nitrogens with one attached hydrogen (secondary N) is 3. The first-order valence-corrected chi connectivity index (χ1v) is 10.6. The number of halogens is 1. The van der Waals surface area contributed by atoms with Crippen molar-refractivity contribution in [3.63, 3.8) is 0 Å². The quantitative estimate of drug-likeness (QED) is 0.295. The van der Waals surface area contributed by atoms with Gasteiger partial charge >= 0.3 is 0 Å². The molecule has 7 nitrogen and oxygen atoms in total. The fourth-order valence-electron chi connectivity index (χ4n) is 3.52. The fraction of sp³-hybridized carbons (Fsp3) is 0.174. The van der Waals surface area contributed by atoms with Crippen molar-refractivity contribution in [2.24, 2.45) is 0 Å². The number of H-pyrrole nitrogens is 2. The average Bonchev–Trinajstić information content (AvgIpc) is 3.20. The molecular formula is C23H20BrN5O2. The normalized spacial score (nSPS) is 11.9. The van der Waals surface area contributed by atoms with Gasteiger partial charge in [-0.25, -0.2) is 9.83 Å². The second kappa shape index (κ2) is 8.76. The van der Waals surface area contributed by atoms with Gasteiger partial charge in [0.1, 0.15) is 11.4 Å². The van der Waals surface area contributed by atoms with Gasteiger partial charge in [0.05, 0.1) is 29.4 Å². The number of benzene rings is 2. The van der Waals surface area contributed by atoms with E-state index in [2.05, 4.69) is 41.0 Å². The number of hydrogen-bond acceptors (Lipinski definition) is 4. The smallest absolute Gasteiger partial charge is 0.261 e. The summed E-state index contributed by atoms with van der Waals surface area (Å²) in [5, 5.41) is 13.7. The molecule has 0 bridgehead atoms. The first-order valence-electron chi connectivity index (χ1n) is 9.79. The molecule has 2 heterocycles. The first-order chi connectivity index (χ1) is 15.0. The number of imidazole rings is 1. The zero-order valence-corrected chi connectivity index (χ0v) is 18.3. The van der Waals surface area contributed by atoms with E-state index in [-0.39, 0.29) is 12.1 Å². The molecule has 0 aliphatic rings. The Morgan fingerprint density at radius 2 is 2.13 bits per heavy atom.